The van der Waals surface area contributed by atoms with Crippen molar-refractivity contribution in [3.8, 4) is 0 Å². The molecule has 0 aliphatic heterocycles. The van der Waals surface area contributed by atoms with E-state index in [1.807, 2.05) is 0 Å². The van der Waals surface area contributed by atoms with Gasteiger partial charge in [0.25, 0.3) is 11.5 Å². The normalized spacial score (nSPS) is 10.5. The Morgan fingerprint density at radius 2 is 2.14 bits per heavy atom. The van der Waals surface area contributed by atoms with E-state index < -0.39 is 11.5 Å². The van der Waals surface area contributed by atoms with Gasteiger partial charge in [0.1, 0.15) is 11.4 Å². The van der Waals surface area contributed by atoms with Crippen LogP contribution < -0.4 is 5.56 Å². The van der Waals surface area contributed by atoms with E-state index in [0.717, 1.165) is 0 Å². The van der Waals surface area contributed by atoms with E-state index in [1.165, 1.54) is 24.2 Å². The molecule has 0 fully saturated rings. The highest BCUT2D eigenvalue weighted by atomic mass is 79.9. The molecule has 0 spiro atoms. The number of nitrogens with one attached hydrogen (secondary N) is 1. The summed E-state index contributed by atoms with van der Waals surface area (Å²) in [6, 6.07) is 6.47. The summed E-state index contributed by atoms with van der Waals surface area (Å²) in [5.74, 6) is -0.793. The molecule has 4 nitrogen and oxygen atoms in total. The zero-order valence-corrected chi connectivity index (χ0v) is 13.2. The lowest BCUT2D eigenvalue weighted by atomic mass is 10.1. The second-order valence-corrected chi connectivity index (χ2v) is 5.69. The average Bonchev–Trinajstić information content (AvgIpc) is 2.45. The van der Waals surface area contributed by atoms with E-state index in [0.29, 0.717) is 15.6 Å². The number of pyridine rings is 1. The van der Waals surface area contributed by atoms with Crippen LogP contribution in [-0.2, 0) is 6.54 Å². The molecule has 0 saturated carbocycles. The van der Waals surface area contributed by atoms with Crippen LogP contribution in [0.3, 0.4) is 0 Å². The highest BCUT2D eigenvalue weighted by molar-refractivity contribution is 9.10. The molecule has 0 aliphatic carbocycles. The maximum Gasteiger partial charge on any atom is 0.260 e. The number of nitrogens with zero attached hydrogens (tertiary/aromatic N) is 1. The van der Waals surface area contributed by atoms with Crippen LogP contribution in [0.25, 0.3) is 0 Å². The van der Waals surface area contributed by atoms with Crippen molar-refractivity contribution >= 4 is 21.8 Å². The molecule has 0 bridgehead atoms. The molecule has 1 amide bonds. The van der Waals surface area contributed by atoms with Crippen molar-refractivity contribution < 1.29 is 9.18 Å². The van der Waals surface area contributed by atoms with Gasteiger partial charge in [0.05, 0.1) is 0 Å². The number of aryl methyl sites for hydroxylation is 1. The zero-order valence-electron chi connectivity index (χ0n) is 11.6. The van der Waals surface area contributed by atoms with Gasteiger partial charge in [0.2, 0.25) is 0 Å². The maximum absolute atomic E-state index is 14.0. The van der Waals surface area contributed by atoms with Gasteiger partial charge in [0.15, 0.2) is 0 Å². The number of aromatic nitrogens is 1. The van der Waals surface area contributed by atoms with Crippen LogP contribution >= 0.6 is 15.9 Å². The van der Waals surface area contributed by atoms with E-state index in [4.69, 9.17) is 0 Å². The predicted molar refractivity (Wildman–Crippen MR) is 81.7 cm³/mol. The molecule has 0 atom stereocenters. The molecule has 110 valence electrons. The number of hydrogen-bond acceptors (Lipinski definition) is 2. The Morgan fingerprint density at radius 3 is 2.86 bits per heavy atom. The Labute approximate surface area is 129 Å². The quantitative estimate of drug-likeness (QED) is 0.923. The molecule has 1 heterocycles. The molecule has 1 aromatic carbocycles. The van der Waals surface area contributed by atoms with E-state index in [-0.39, 0.29) is 17.9 Å². The van der Waals surface area contributed by atoms with E-state index in [2.05, 4.69) is 20.9 Å². The van der Waals surface area contributed by atoms with Crippen molar-refractivity contribution in [2.45, 2.75) is 13.5 Å². The smallest absolute Gasteiger partial charge is 0.260 e. The highest BCUT2D eigenvalue weighted by Gasteiger charge is 2.17. The Kier molecular flexibility index (Phi) is 4.57. The van der Waals surface area contributed by atoms with Crippen molar-refractivity contribution in [3.05, 3.63) is 67.8 Å². The lowest BCUT2D eigenvalue weighted by Crippen LogP contribution is -2.31. The number of carbonyl (C=O) groups is 1. The molecule has 21 heavy (non-hydrogen) atoms. The first-order chi connectivity index (χ1) is 9.90. The molecule has 1 aromatic heterocycles. The fraction of sp³-hybridized carbons (Fsp3) is 0.200. The van der Waals surface area contributed by atoms with Gasteiger partial charge in [-0.2, -0.15) is 0 Å². The minimum Gasteiger partial charge on any atom is -0.337 e. The van der Waals surface area contributed by atoms with Crippen molar-refractivity contribution in [3.63, 3.8) is 0 Å². The van der Waals surface area contributed by atoms with Crippen molar-refractivity contribution in [2.24, 2.45) is 0 Å². The molecular weight excluding hydrogens is 339 g/mol. The minimum absolute atomic E-state index is 0.0138. The molecule has 0 radical (unpaired) electrons. The van der Waals surface area contributed by atoms with Crippen molar-refractivity contribution in [1.82, 2.24) is 9.88 Å². The van der Waals surface area contributed by atoms with Crippen LogP contribution in [0.15, 0.2) is 39.7 Å². The lowest BCUT2D eigenvalue weighted by Gasteiger charge is -2.18. The van der Waals surface area contributed by atoms with Crippen LogP contribution in [0.2, 0.25) is 0 Å². The third kappa shape index (κ3) is 3.39. The summed E-state index contributed by atoms with van der Waals surface area (Å²) in [6.07, 6.45) is 1.46. The molecule has 2 aromatic rings. The van der Waals surface area contributed by atoms with Crippen LogP contribution in [0.4, 0.5) is 4.39 Å². The molecule has 2 rings (SSSR count). The van der Waals surface area contributed by atoms with E-state index >= 15 is 0 Å². The lowest BCUT2D eigenvalue weighted by molar-refractivity contribution is 0.0782. The Balaban J connectivity index is 2.26. The van der Waals surface area contributed by atoms with Gasteiger partial charge in [-0.1, -0.05) is 18.2 Å². The number of amides is 1. The molecular formula is C15H14BrFN2O2. The predicted octanol–water partition coefficient (Wildman–Crippen LogP) is 2.86. The van der Waals surface area contributed by atoms with Gasteiger partial charge < -0.3 is 9.88 Å². The minimum atomic E-state index is -0.472. The summed E-state index contributed by atoms with van der Waals surface area (Å²) in [6.45, 7) is 1.76. The fourth-order valence-electron chi connectivity index (χ4n) is 1.98. The number of hydrogen-bond donors (Lipinski definition) is 1. The number of benzene rings is 1. The third-order valence-electron chi connectivity index (χ3n) is 3.12. The summed E-state index contributed by atoms with van der Waals surface area (Å²) in [5.41, 5.74) is 0.477. The fourth-order valence-corrected chi connectivity index (χ4v) is 2.32. The van der Waals surface area contributed by atoms with E-state index in [9.17, 15) is 14.0 Å². The Hall–Kier alpha value is -1.95. The topological polar surface area (TPSA) is 53.2 Å². The summed E-state index contributed by atoms with van der Waals surface area (Å²) >= 11 is 3.20. The Bertz CT molecular complexity index is 743. The first-order valence-electron chi connectivity index (χ1n) is 6.28. The number of halogens is 2. The summed E-state index contributed by atoms with van der Waals surface area (Å²) in [7, 11) is 1.53. The first kappa shape index (κ1) is 15.4. The first-order valence-corrected chi connectivity index (χ1v) is 7.07. The number of carbonyl (C=O) groups excluding carboxylic acids is 1. The molecule has 1 N–H and O–H groups in total. The number of H-pyrrole nitrogens is 1. The van der Waals surface area contributed by atoms with E-state index in [1.54, 1.807) is 25.1 Å². The second-order valence-electron chi connectivity index (χ2n) is 4.77. The van der Waals surface area contributed by atoms with Crippen LogP contribution in [0.5, 0.6) is 0 Å². The SMILES string of the molecule is Cc1cccc(CN(C)C(=O)c2cc(Br)c[nH]c2=O)c1F. The van der Waals surface area contributed by atoms with Gasteiger partial charge in [-0.25, -0.2) is 4.39 Å². The average molecular weight is 353 g/mol. The van der Waals surface area contributed by atoms with Crippen LogP contribution in [0, 0.1) is 12.7 Å². The summed E-state index contributed by atoms with van der Waals surface area (Å²) in [4.78, 5) is 27.8. The number of rotatable bonds is 3. The van der Waals surface area contributed by atoms with Gasteiger partial charge in [-0.15, -0.1) is 0 Å². The second kappa shape index (κ2) is 6.22. The van der Waals surface area contributed by atoms with Gasteiger partial charge in [-0.05, 0) is 34.5 Å². The molecule has 0 aliphatic rings. The highest BCUT2D eigenvalue weighted by Crippen LogP contribution is 2.15. The van der Waals surface area contributed by atoms with Gasteiger partial charge in [-0.3, -0.25) is 9.59 Å². The Morgan fingerprint density at radius 1 is 1.43 bits per heavy atom. The molecule has 0 saturated heterocycles. The number of aromatic amines is 1. The summed E-state index contributed by atoms with van der Waals surface area (Å²) in [5, 5.41) is 0. The summed E-state index contributed by atoms with van der Waals surface area (Å²) < 4.78 is 14.6. The van der Waals surface area contributed by atoms with Crippen LogP contribution in [-0.4, -0.2) is 22.8 Å². The third-order valence-corrected chi connectivity index (χ3v) is 3.58. The van der Waals surface area contributed by atoms with Crippen molar-refractivity contribution in [1.29, 1.82) is 0 Å². The van der Waals surface area contributed by atoms with Crippen molar-refractivity contribution in [2.75, 3.05) is 7.05 Å². The van der Waals surface area contributed by atoms with Gasteiger partial charge >= 0.3 is 0 Å². The van der Waals surface area contributed by atoms with Gasteiger partial charge in [0, 0.05) is 29.8 Å². The monoisotopic (exact) mass is 352 g/mol. The van der Waals surface area contributed by atoms with Crippen LogP contribution in [0.1, 0.15) is 21.5 Å². The zero-order chi connectivity index (χ0) is 15.6. The molecule has 0 unspecified atom stereocenters. The molecule has 6 heteroatoms. The standard InChI is InChI=1S/C15H14BrFN2O2/c1-9-4-3-5-10(13(9)17)8-19(2)15(21)12-6-11(16)7-18-14(12)20/h3-7H,8H2,1-2H3,(H,18,20). The maximum atomic E-state index is 14.0. The largest absolute Gasteiger partial charge is 0.337 e.